The number of hydrogen-bond donors (Lipinski definition) is 1. The van der Waals surface area contributed by atoms with Gasteiger partial charge < -0.3 is 5.11 Å². The van der Waals surface area contributed by atoms with Crippen molar-refractivity contribution in [3.8, 4) is 11.1 Å². The van der Waals surface area contributed by atoms with E-state index in [1.54, 1.807) is 31.2 Å². The van der Waals surface area contributed by atoms with E-state index in [1.165, 1.54) is 18.2 Å². The van der Waals surface area contributed by atoms with E-state index < -0.39 is 16.4 Å². The number of halogens is 1. The molecule has 0 aliphatic rings. The fraction of sp³-hybridized carbons (Fsp3) is 0.200. The van der Waals surface area contributed by atoms with Gasteiger partial charge in [-0.3, -0.25) is 0 Å². The molecule has 3 nitrogen and oxygen atoms in total. The van der Waals surface area contributed by atoms with Crippen molar-refractivity contribution in [2.24, 2.45) is 0 Å². The minimum absolute atomic E-state index is 0.175. The van der Waals surface area contributed by atoms with Gasteiger partial charge in [0, 0.05) is 0 Å². The molecule has 0 aliphatic carbocycles. The van der Waals surface area contributed by atoms with Crippen molar-refractivity contribution < 1.29 is 17.9 Å². The Bertz CT molecular complexity index is 706. The third kappa shape index (κ3) is 3.05. The van der Waals surface area contributed by atoms with Gasteiger partial charge in [0.05, 0.1) is 17.3 Å². The number of sulfone groups is 1. The summed E-state index contributed by atoms with van der Waals surface area (Å²) in [5, 5.41) is 8.74. The number of benzene rings is 2. The van der Waals surface area contributed by atoms with Gasteiger partial charge >= 0.3 is 0 Å². The summed E-state index contributed by atoms with van der Waals surface area (Å²) in [6, 6.07) is 11.1. The van der Waals surface area contributed by atoms with Gasteiger partial charge in [0.15, 0.2) is 9.84 Å². The molecule has 106 valence electrons. The fourth-order valence-electron chi connectivity index (χ4n) is 1.92. The van der Waals surface area contributed by atoms with E-state index in [-0.39, 0.29) is 16.5 Å². The van der Waals surface area contributed by atoms with E-state index >= 15 is 0 Å². The molecule has 0 atom stereocenters. The van der Waals surface area contributed by atoms with Crippen molar-refractivity contribution in [1.29, 1.82) is 0 Å². The molecule has 0 unspecified atom stereocenters. The molecule has 2 aromatic rings. The van der Waals surface area contributed by atoms with E-state index in [1.807, 2.05) is 0 Å². The predicted molar refractivity (Wildman–Crippen MR) is 75.7 cm³/mol. The molecule has 0 spiro atoms. The van der Waals surface area contributed by atoms with E-state index in [4.69, 9.17) is 5.11 Å². The summed E-state index contributed by atoms with van der Waals surface area (Å²) in [4.78, 5) is 0.175. The average molecular weight is 294 g/mol. The quantitative estimate of drug-likeness (QED) is 0.943. The van der Waals surface area contributed by atoms with Gasteiger partial charge in [0.1, 0.15) is 5.82 Å². The normalized spacial score (nSPS) is 11.6. The van der Waals surface area contributed by atoms with Crippen LogP contribution in [0.4, 0.5) is 4.39 Å². The van der Waals surface area contributed by atoms with Crippen molar-refractivity contribution in [3.63, 3.8) is 0 Å². The summed E-state index contributed by atoms with van der Waals surface area (Å²) in [7, 11) is -3.43. The van der Waals surface area contributed by atoms with Crippen LogP contribution >= 0.6 is 0 Å². The van der Waals surface area contributed by atoms with E-state index in [0.717, 1.165) is 11.1 Å². The molecule has 0 amide bonds. The standard InChI is InChI=1S/C15H15FO3S/c1-11-10-13(4-7-15(11)16)12-2-5-14(6-3-12)20(18,19)9-8-17/h2-7,10,17H,8-9H2,1H3. The van der Waals surface area contributed by atoms with Crippen LogP contribution in [0.25, 0.3) is 11.1 Å². The van der Waals surface area contributed by atoms with Crippen molar-refractivity contribution in [2.45, 2.75) is 11.8 Å². The first-order valence-corrected chi connectivity index (χ1v) is 7.79. The molecule has 0 heterocycles. The Hall–Kier alpha value is -1.72. The van der Waals surface area contributed by atoms with Crippen LogP contribution < -0.4 is 0 Å². The topological polar surface area (TPSA) is 54.4 Å². The number of aryl methyl sites for hydroxylation is 1. The van der Waals surface area contributed by atoms with Crippen LogP contribution in [0, 0.1) is 12.7 Å². The minimum Gasteiger partial charge on any atom is -0.395 e. The summed E-state index contributed by atoms with van der Waals surface area (Å²) in [6.07, 6.45) is 0. The molecule has 0 radical (unpaired) electrons. The van der Waals surface area contributed by atoms with E-state index in [2.05, 4.69) is 0 Å². The highest BCUT2D eigenvalue weighted by molar-refractivity contribution is 7.91. The van der Waals surface area contributed by atoms with Crippen LogP contribution in [-0.4, -0.2) is 25.9 Å². The smallest absolute Gasteiger partial charge is 0.180 e. The Morgan fingerprint density at radius 2 is 1.65 bits per heavy atom. The molecule has 1 N–H and O–H groups in total. The lowest BCUT2D eigenvalue weighted by Gasteiger charge is -2.06. The summed E-state index contributed by atoms with van der Waals surface area (Å²) in [6.45, 7) is 1.28. The Morgan fingerprint density at radius 1 is 1.05 bits per heavy atom. The SMILES string of the molecule is Cc1cc(-c2ccc(S(=O)(=O)CCO)cc2)ccc1F. The number of aliphatic hydroxyl groups excluding tert-OH is 1. The van der Waals surface area contributed by atoms with Crippen LogP contribution in [0.5, 0.6) is 0 Å². The Labute approximate surface area is 117 Å². The van der Waals surface area contributed by atoms with Crippen LogP contribution in [0.15, 0.2) is 47.4 Å². The van der Waals surface area contributed by atoms with Crippen molar-refractivity contribution in [3.05, 3.63) is 53.8 Å². The first-order chi connectivity index (χ1) is 9.44. The van der Waals surface area contributed by atoms with Gasteiger partial charge in [-0.25, -0.2) is 12.8 Å². The summed E-state index contributed by atoms with van der Waals surface area (Å²) in [5.41, 5.74) is 2.19. The number of rotatable bonds is 4. The predicted octanol–water partition coefficient (Wildman–Crippen LogP) is 2.57. The molecular weight excluding hydrogens is 279 g/mol. The zero-order chi connectivity index (χ0) is 14.8. The highest BCUT2D eigenvalue weighted by atomic mass is 32.2. The van der Waals surface area contributed by atoms with Gasteiger partial charge in [-0.1, -0.05) is 18.2 Å². The highest BCUT2D eigenvalue weighted by Gasteiger charge is 2.13. The molecule has 5 heteroatoms. The maximum Gasteiger partial charge on any atom is 0.180 e. The molecule has 0 fully saturated rings. The Morgan fingerprint density at radius 3 is 2.20 bits per heavy atom. The summed E-state index contributed by atoms with van der Waals surface area (Å²) < 4.78 is 36.8. The lowest BCUT2D eigenvalue weighted by atomic mass is 10.0. The van der Waals surface area contributed by atoms with Crippen molar-refractivity contribution >= 4 is 9.84 Å². The maximum absolute atomic E-state index is 13.2. The van der Waals surface area contributed by atoms with Gasteiger partial charge in [0.25, 0.3) is 0 Å². The molecule has 0 saturated carbocycles. The largest absolute Gasteiger partial charge is 0.395 e. The fourth-order valence-corrected chi connectivity index (χ4v) is 2.94. The third-order valence-electron chi connectivity index (χ3n) is 3.06. The van der Waals surface area contributed by atoms with E-state index in [9.17, 15) is 12.8 Å². The summed E-state index contributed by atoms with van der Waals surface area (Å²) >= 11 is 0. The second kappa shape index (κ2) is 5.73. The second-order valence-electron chi connectivity index (χ2n) is 4.53. The molecule has 0 saturated heterocycles. The molecule has 20 heavy (non-hydrogen) atoms. The van der Waals surface area contributed by atoms with Gasteiger partial charge in [-0.05, 0) is 47.9 Å². The highest BCUT2D eigenvalue weighted by Crippen LogP contribution is 2.23. The molecule has 0 aromatic heterocycles. The van der Waals surface area contributed by atoms with E-state index in [0.29, 0.717) is 5.56 Å². The first-order valence-electron chi connectivity index (χ1n) is 6.14. The van der Waals surface area contributed by atoms with Crippen LogP contribution in [-0.2, 0) is 9.84 Å². The maximum atomic E-state index is 13.2. The monoisotopic (exact) mass is 294 g/mol. The Balaban J connectivity index is 2.35. The van der Waals surface area contributed by atoms with Crippen LogP contribution in [0.3, 0.4) is 0 Å². The summed E-state index contributed by atoms with van der Waals surface area (Å²) in [5.74, 6) is -0.557. The number of aliphatic hydroxyl groups is 1. The Kier molecular flexibility index (Phi) is 4.20. The minimum atomic E-state index is -3.43. The zero-order valence-electron chi connectivity index (χ0n) is 11.0. The average Bonchev–Trinajstić information content (AvgIpc) is 2.42. The van der Waals surface area contributed by atoms with Gasteiger partial charge in [0.2, 0.25) is 0 Å². The molecule has 2 aromatic carbocycles. The molecule has 0 bridgehead atoms. The van der Waals surface area contributed by atoms with Crippen molar-refractivity contribution in [2.75, 3.05) is 12.4 Å². The molecule has 2 rings (SSSR count). The van der Waals surface area contributed by atoms with Gasteiger partial charge in [-0.15, -0.1) is 0 Å². The molecule has 0 aliphatic heterocycles. The lowest BCUT2D eigenvalue weighted by molar-refractivity contribution is 0.319. The second-order valence-corrected chi connectivity index (χ2v) is 6.64. The first kappa shape index (κ1) is 14.7. The lowest BCUT2D eigenvalue weighted by Crippen LogP contribution is -2.09. The zero-order valence-corrected chi connectivity index (χ0v) is 11.8. The van der Waals surface area contributed by atoms with Crippen molar-refractivity contribution in [1.82, 2.24) is 0 Å². The van der Waals surface area contributed by atoms with Crippen LogP contribution in [0.1, 0.15) is 5.56 Å². The third-order valence-corrected chi connectivity index (χ3v) is 4.78. The van der Waals surface area contributed by atoms with Gasteiger partial charge in [-0.2, -0.15) is 0 Å². The van der Waals surface area contributed by atoms with Crippen LogP contribution in [0.2, 0.25) is 0 Å². The molecular formula is C15H15FO3S. The number of hydrogen-bond acceptors (Lipinski definition) is 3.